The fourth-order valence-electron chi connectivity index (χ4n) is 2.43. The van der Waals surface area contributed by atoms with E-state index in [2.05, 4.69) is 37.3 Å². The lowest BCUT2D eigenvalue weighted by molar-refractivity contribution is 0.574. The molecule has 0 spiro atoms. The summed E-state index contributed by atoms with van der Waals surface area (Å²) in [6.07, 6.45) is 3.97. The summed E-state index contributed by atoms with van der Waals surface area (Å²) >= 11 is 3.54. The van der Waals surface area contributed by atoms with Gasteiger partial charge in [0.05, 0.1) is 11.2 Å². The zero-order chi connectivity index (χ0) is 11.7. The van der Waals surface area contributed by atoms with Crippen molar-refractivity contribution >= 4 is 26.8 Å². The molecule has 0 amide bonds. The van der Waals surface area contributed by atoms with Crippen LogP contribution in [-0.2, 0) is 6.42 Å². The normalized spacial score (nSPS) is 19.9. The van der Waals surface area contributed by atoms with Crippen LogP contribution in [-0.4, -0.2) is 23.1 Å². The molecule has 4 heteroatoms. The third-order valence-electron chi connectivity index (χ3n) is 3.34. The number of hydrogen-bond donors (Lipinski definition) is 1. The fraction of sp³-hybridized carbons (Fsp3) is 0.385. The summed E-state index contributed by atoms with van der Waals surface area (Å²) < 4.78 is 1.04. The van der Waals surface area contributed by atoms with E-state index >= 15 is 0 Å². The first-order valence-electron chi connectivity index (χ1n) is 5.93. The highest BCUT2D eigenvalue weighted by Crippen LogP contribution is 2.25. The van der Waals surface area contributed by atoms with Crippen LogP contribution in [0.25, 0.3) is 10.9 Å². The molecule has 2 aromatic rings. The van der Waals surface area contributed by atoms with Crippen LogP contribution in [0.4, 0.5) is 0 Å². The van der Waals surface area contributed by atoms with Crippen molar-refractivity contribution in [1.29, 1.82) is 0 Å². The van der Waals surface area contributed by atoms with Crippen molar-refractivity contribution in [2.24, 2.45) is 5.92 Å². The van der Waals surface area contributed by atoms with Crippen LogP contribution >= 0.6 is 15.9 Å². The molecule has 3 nitrogen and oxygen atoms in total. The Balaban J connectivity index is 2.01. The summed E-state index contributed by atoms with van der Waals surface area (Å²) in [7, 11) is 0. The van der Waals surface area contributed by atoms with Gasteiger partial charge in [0.25, 0.3) is 0 Å². The van der Waals surface area contributed by atoms with Gasteiger partial charge in [-0.25, -0.2) is 9.97 Å². The molecule has 0 bridgehead atoms. The standard InChI is InChI=1S/C13H14BrN3/c14-11-3-1-2-10-12(16-8-17-13(10)11)6-9-4-5-15-7-9/h1-3,8-9,15H,4-7H2. The third kappa shape index (κ3) is 2.19. The van der Waals surface area contributed by atoms with E-state index in [4.69, 9.17) is 0 Å². The fourth-order valence-corrected chi connectivity index (χ4v) is 2.90. The molecule has 1 fully saturated rings. The van der Waals surface area contributed by atoms with Crippen molar-refractivity contribution in [2.45, 2.75) is 12.8 Å². The maximum atomic E-state index is 4.45. The molecule has 2 heterocycles. The van der Waals surface area contributed by atoms with Crippen LogP contribution < -0.4 is 5.32 Å². The highest BCUT2D eigenvalue weighted by atomic mass is 79.9. The van der Waals surface area contributed by atoms with Crippen molar-refractivity contribution in [2.75, 3.05) is 13.1 Å². The van der Waals surface area contributed by atoms with Gasteiger partial charge in [0.2, 0.25) is 0 Å². The highest BCUT2D eigenvalue weighted by Gasteiger charge is 2.17. The summed E-state index contributed by atoms with van der Waals surface area (Å²) in [6, 6.07) is 6.18. The Bertz CT molecular complexity index is 535. The average molecular weight is 292 g/mol. The van der Waals surface area contributed by atoms with E-state index in [-0.39, 0.29) is 0 Å². The van der Waals surface area contributed by atoms with Crippen molar-refractivity contribution in [3.05, 3.63) is 34.7 Å². The summed E-state index contributed by atoms with van der Waals surface area (Å²) in [4.78, 5) is 8.79. The lowest BCUT2D eigenvalue weighted by Crippen LogP contribution is -2.11. The van der Waals surface area contributed by atoms with Crippen LogP contribution in [0.3, 0.4) is 0 Å². The Morgan fingerprint density at radius 3 is 3.12 bits per heavy atom. The molecule has 1 aliphatic rings. The number of hydrogen-bond acceptors (Lipinski definition) is 3. The topological polar surface area (TPSA) is 37.8 Å². The number of aromatic nitrogens is 2. The first kappa shape index (κ1) is 11.1. The quantitative estimate of drug-likeness (QED) is 0.924. The Hall–Kier alpha value is -1.00. The number of fused-ring (bicyclic) bond motifs is 1. The molecule has 1 saturated heterocycles. The van der Waals surface area contributed by atoms with E-state index in [0.717, 1.165) is 29.5 Å². The van der Waals surface area contributed by atoms with E-state index in [0.29, 0.717) is 5.92 Å². The second-order valence-electron chi connectivity index (χ2n) is 4.52. The van der Waals surface area contributed by atoms with Crippen LogP contribution in [0.15, 0.2) is 29.0 Å². The van der Waals surface area contributed by atoms with Gasteiger partial charge >= 0.3 is 0 Å². The van der Waals surface area contributed by atoms with E-state index in [1.54, 1.807) is 6.33 Å². The number of benzene rings is 1. The van der Waals surface area contributed by atoms with Gasteiger partial charge in [0.15, 0.2) is 0 Å². The zero-order valence-corrected chi connectivity index (χ0v) is 11.1. The summed E-state index contributed by atoms with van der Waals surface area (Å²) in [5.41, 5.74) is 2.19. The Morgan fingerprint density at radius 1 is 1.35 bits per heavy atom. The number of para-hydroxylation sites is 1. The molecule has 1 aromatic heterocycles. The molecule has 1 aromatic carbocycles. The van der Waals surface area contributed by atoms with Gasteiger partial charge in [-0.3, -0.25) is 0 Å². The van der Waals surface area contributed by atoms with E-state index in [9.17, 15) is 0 Å². The zero-order valence-electron chi connectivity index (χ0n) is 9.49. The first-order valence-corrected chi connectivity index (χ1v) is 6.73. The molecule has 88 valence electrons. The van der Waals surface area contributed by atoms with E-state index in [1.165, 1.54) is 17.5 Å². The molecule has 17 heavy (non-hydrogen) atoms. The Kier molecular flexibility index (Phi) is 3.07. The van der Waals surface area contributed by atoms with Crippen LogP contribution in [0.5, 0.6) is 0 Å². The largest absolute Gasteiger partial charge is 0.316 e. The smallest absolute Gasteiger partial charge is 0.116 e. The molecule has 3 rings (SSSR count). The third-order valence-corrected chi connectivity index (χ3v) is 3.98. The first-order chi connectivity index (χ1) is 8.34. The molecular weight excluding hydrogens is 278 g/mol. The molecule has 1 aliphatic heterocycles. The van der Waals surface area contributed by atoms with Crippen LogP contribution in [0.2, 0.25) is 0 Å². The van der Waals surface area contributed by atoms with Crippen molar-refractivity contribution in [3.63, 3.8) is 0 Å². The minimum absolute atomic E-state index is 0.715. The molecule has 1 N–H and O–H groups in total. The summed E-state index contributed by atoms with van der Waals surface area (Å²) in [6.45, 7) is 2.25. The minimum Gasteiger partial charge on any atom is -0.316 e. The lowest BCUT2D eigenvalue weighted by atomic mass is 10.00. The monoisotopic (exact) mass is 291 g/mol. The highest BCUT2D eigenvalue weighted by molar-refractivity contribution is 9.10. The number of rotatable bonds is 2. The summed E-state index contributed by atoms with van der Waals surface area (Å²) in [5.74, 6) is 0.715. The molecule has 0 aliphatic carbocycles. The summed E-state index contributed by atoms with van der Waals surface area (Å²) in [5, 5.41) is 4.57. The van der Waals surface area contributed by atoms with Crippen molar-refractivity contribution in [3.8, 4) is 0 Å². The van der Waals surface area contributed by atoms with Gasteiger partial charge in [-0.05, 0) is 53.8 Å². The van der Waals surface area contributed by atoms with Crippen LogP contribution in [0.1, 0.15) is 12.1 Å². The van der Waals surface area contributed by atoms with E-state index in [1.807, 2.05) is 12.1 Å². The van der Waals surface area contributed by atoms with Gasteiger partial charge in [-0.15, -0.1) is 0 Å². The lowest BCUT2D eigenvalue weighted by Gasteiger charge is -2.10. The van der Waals surface area contributed by atoms with Gasteiger partial charge in [0.1, 0.15) is 6.33 Å². The predicted octanol–water partition coefficient (Wildman–Crippen LogP) is 2.54. The molecule has 1 unspecified atom stereocenters. The molecular formula is C13H14BrN3. The number of nitrogens with one attached hydrogen (secondary N) is 1. The Morgan fingerprint density at radius 2 is 2.29 bits per heavy atom. The Labute approximate surface area is 109 Å². The number of halogens is 1. The predicted molar refractivity (Wildman–Crippen MR) is 71.9 cm³/mol. The molecule has 0 saturated carbocycles. The molecule has 1 atom stereocenters. The van der Waals surface area contributed by atoms with Gasteiger partial charge in [-0.2, -0.15) is 0 Å². The van der Waals surface area contributed by atoms with Gasteiger partial charge in [0, 0.05) is 9.86 Å². The number of nitrogens with zero attached hydrogens (tertiary/aromatic N) is 2. The van der Waals surface area contributed by atoms with Crippen molar-refractivity contribution < 1.29 is 0 Å². The second kappa shape index (κ2) is 4.70. The maximum absolute atomic E-state index is 4.45. The second-order valence-corrected chi connectivity index (χ2v) is 5.37. The van der Waals surface area contributed by atoms with E-state index < -0.39 is 0 Å². The molecule has 0 radical (unpaired) electrons. The SMILES string of the molecule is Brc1cccc2c(CC3CCNC3)ncnc12. The van der Waals surface area contributed by atoms with Gasteiger partial charge < -0.3 is 5.32 Å². The maximum Gasteiger partial charge on any atom is 0.116 e. The van der Waals surface area contributed by atoms with Crippen LogP contribution in [0, 0.1) is 5.92 Å². The van der Waals surface area contributed by atoms with Crippen molar-refractivity contribution in [1.82, 2.24) is 15.3 Å². The minimum atomic E-state index is 0.715. The van der Waals surface area contributed by atoms with Gasteiger partial charge in [-0.1, -0.05) is 12.1 Å². The average Bonchev–Trinajstić information content (AvgIpc) is 2.83.